The van der Waals surface area contributed by atoms with Gasteiger partial charge in [-0.1, -0.05) is 18.6 Å². The second-order valence-corrected chi connectivity index (χ2v) is 4.46. The summed E-state index contributed by atoms with van der Waals surface area (Å²) in [5, 5.41) is 8.57. The Hall–Kier alpha value is -1.52. The fraction of sp³-hybridized carbons (Fsp3) is 0.462. The number of halogens is 3. The van der Waals surface area contributed by atoms with Crippen LogP contribution in [0.4, 0.5) is 13.2 Å². The first-order valence-corrected chi connectivity index (χ1v) is 5.60. The van der Waals surface area contributed by atoms with Crippen LogP contribution in [0.25, 0.3) is 0 Å². The third-order valence-corrected chi connectivity index (χ3v) is 2.79. The minimum Gasteiger partial charge on any atom is -0.481 e. The highest BCUT2D eigenvalue weighted by Crippen LogP contribution is 2.33. The van der Waals surface area contributed by atoms with Gasteiger partial charge in [-0.2, -0.15) is 13.2 Å². The highest BCUT2D eigenvalue weighted by molar-refractivity contribution is 5.66. The molecular weight excluding hydrogens is 245 g/mol. The zero-order valence-electron chi connectivity index (χ0n) is 10.2. The highest BCUT2D eigenvalue weighted by atomic mass is 19.4. The molecule has 5 heteroatoms. The van der Waals surface area contributed by atoms with Gasteiger partial charge in [0.25, 0.3) is 0 Å². The number of carboxylic acid groups (broad SMARTS) is 1. The number of aliphatic carboxylic acids is 1. The molecule has 0 aromatic heterocycles. The second-order valence-electron chi connectivity index (χ2n) is 4.46. The van der Waals surface area contributed by atoms with Gasteiger partial charge in [0.2, 0.25) is 0 Å². The van der Waals surface area contributed by atoms with Crippen LogP contribution in [0.1, 0.15) is 42.4 Å². The SMILES string of the molecule is Cc1cc(C(C)CCC(=O)O)cc(C(F)(F)F)c1. The number of aryl methyl sites for hydroxylation is 1. The Bertz CT molecular complexity index is 438. The van der Waals surface area contributed by atoms with Crippen molar-refractivity contribution in [2.45, 2.75) is 38.8 Å². The zero-order chi connectivity index (χ0) is 13.9. The number of carboxylic acids is 1. The molecule has 0 spiro atoms. The summed E-state index contributed by atoms with van der Waals surface area (Å²) in [4.78, 5) is 10.4. The van der Waals surface area contributed by atoms with Gasteiger partial charge in [-0.25, -0.2) is 0 Å². The summed E-state index contributed by atoms with van der Waals surface area (Å²) in [6.45, 7) is 3.33. The lowest BCUT2D eigenvalue weighted by molar-refractivity contribution is -0.138. The lowest BCUT2D eigenvalue weighted by Crippen LogP contribution is -2.07. The van der Waals surface area contributed by atoms with Crippen molar-refractivity contribution in [3.05, 3.63) is 34.9 Å². The lowest BCUT2D eigenvalue weighted by Gasteiger charge is -2.15. The van der Waals surface area contributed by atoms with Gasteiger partial charge >= 0.3 is 12.1 Å². The highest BCUT2D eigenvalue weighted by Gasteiger charge is 2.31. The van der Waals surface area contributed by atoms with Gasteiger partial charge in [-0.3, -0.25) is 4.79 Å². The van der Waals surface area contributed by atoms with Gasteiger partial charge < -0.3 is 5.11 Å². The van der Waals surface area contributed by atoms with Crippen LogP contribution in [-0.4, -0.2) is 11.1 Å². The van der Waals surface area contributed by atoms with E-state index in [4.69, 9.17) is 5.11 Å². The molecule has 0 heterocycles. The maximum absolute atomic E-state index is 12.6. The summed E-state index contributed by atoms with van der Waals surface area (Å²) >= 11 is 0. The van der Waals surface area contributed by atoms with Crippen LogP contribution in [0.3, 0.4) is 0 Å². The van der Waals surface area contributed by atoms with E-state index >= 15 is 0 Å². The van der Waals surface area contributed by atoms with Crippen LogP contribution >= 0.6 is 0 Å². The van der Waals surface area contributed by atoms with Gasteiger partial charge in [-0.05, 0) is 37.0 Å². The molecule has 1 atom stereocenters. The minimum absolute atomic E-state index is 0.0452. The van der Waals surface area contributed by atoms with Crippen molar-refractivity contribution in [1.82, 2.24) is 0 Å². The van der Waals surface area contributed by atoms with Crippen molar-refractivity contribution < 1.29 is 23.1 Å². The summed E-state index contributed by atoms with van der Waals surface area (Å²) in [6.07, 6.45) is -4.08. The predicted octanol–water partition coefficient (Wildman–Crippen LogP) is 3.98. The Morgan fingerprint density at radius 2 is 1.94 bits per heavy atom. The van der Waals surface area contributed by atoms with E-state index in [2.05, 4.69) is 0 Å². The van der Waals surface area contributed by atoms with Crippen molar-refractivity contribution in [3.8, 4) is 0 Å². The van der Waals surface area contributed by atoms with Crippen molar-refractivity contribution >= 4 is 5.97 Å². The Labute approximate surface area is 103 Å². The summed E-state index contributed by atoms with van der Waals surface area (Å²) in [5.74, 6) is -1.15. The monoisotopic (exact) mass is 260 g/mol. The van der Waals surface area contributed by atoms with Gasteiger partial charge in [0.05, 0.1) is 5.56 Å². The smallest absolute Gasteiger partial charge is 0.416 e. The fourth-order valence-electron chi connectivity index (χ4n) is 1.77. The maximum atomic E-state index is 12.6. The summed E-state index contributed by atoms with van der Waals surface area (Å²) in [7, 11) is 0. The molecule has 1 aromatic carbocycles. The van der Waals surface area contributed by atoms with Crippen molar-refractivity contribution in [2.75, 3.05) is 0 Å². The molecule has 0 saturated heterocycles. The predicted molar refractivity (Wildman–Crippen MR) is 61.5 cm³/mol. The van der Waals surface area contributed by atoms with E-state index in [9.17, 15) is 18.0 Å². The van der Waals surface area contributed by atoms with Crippen LogP contribution in [0, 0.1) is 6.92 Å². The van der Waals surface area contributed by atoms with Gasteiger partial charge in [-0.15, -0.1) is 0 Å². The third-order valence-electron chi connectivity index (χ3n) is 2.79. The molecule has 0 fully saturated rings. The number of alkyl halides is 3. The first kappa shape index (κ1) is 14.5. The first-order chi connectivity index (χ1) is 8.20. The molecule has 1 rings (SSSR count). The van der Waals surface area contributed by atoms with E-state index in [1.165, 1.54) is 0 Å². The Kier molecular flexibility index (Phi) is 4.38. The van der Waals surface area contributed by atoms with Crippen LogP contribution in [0.5, 0.6) is 0 Å². The molecule has 0 amide bonds. The van der Waals surface area contributed by atoms with Gasteiger partial charge in [0.15, 0.2) is 0 Å². The molecule has 100 valence electrons. The molecule has 0 saturated carbocycles. The Balaban J connectivity index is 2.95. The Morgan fingerprint density at radius 1 is 1.33 bits per heavy atom. The van der Waals surface area contributed by atoms with Crippen LogP contribution < -0.4 is 0 Å². The molecule has 0 aliphatic carbocycles. The number of benzene rings is 1. The molecule has 0 aliphatic rings. The Morgan fingerprint density at radius 3 is 2.44 bits per heavy atom. The fourth-order valence-corrected chi connectivity index (χ4v) is 1.77. The van der Waals surface area contributed by atoms with Gasteiger partial charge in [0.1, 0.15) is 0 Å². The van der Waals surface area contributed by atoms with Crippen molar-refractivity contribution in [1.29, 1.82) is 0 Å². The number of hydrogen-bond acceptors (Lipinski definition) is 1. The standard InChI is InChI=1S/C13H15F3O2/c1-8-5-10(9(2)3-4-12(17)18)7-11(6-8)13(14,15)16/h5-7,9H,3-4H2,1-2H3,(H,17,18). The molecule has 0 aliphatic heterocycles. The normalized spacial score (nSPS) is 13.4. The number of hydrogen-bond donors (Lipinski definition) is 1. The van der Waals surface area contributed by atoms with Crippen molar-refractivity contribution in [2.24, 2.45) is 0 Å². The number of rotatable bonds is 4. The molecule has 1 unspecified atom stereocenters. The average molecular weight is 260 g/mol. The molecule has 0 bridgehead atoms. The molecular formula is C13H15F3O2. The van der Waals surface area contributed by atoms with E-state index < -0.39 is 17.7 Å². The number of carbonyl (C=O) groups is 1. The third kappa shape index (κ3) is 4.05. The first-order valence-electron chi connectivity index (χ1n) is 5.60. The molecule has 18 heavy (non-hydrogen) atoms. The van der Waals surface area contributed by atoms with Gasteiger partial charge in [0, 0.05) is 6.42 Å². The largest absolute Gasteiger partial charge is 0.481 e. The van der Waals surface area contributed by atoms with E-state index in [0.717, 1.165) is 12.1 Å². The van der Waals surface area contributed by atoms with Crippen LogP contribution in [0.2, 0.25) is 0 Å². The quantitative estimate of drug-likeness (QED) is 0.889. The van der Waals surface area contributed by atoms with E-state index in [-0.39, 0.29) is 12.3 Å². The average Bonchev–Trinajstić information content (AvgIpc) is 2.23. The summed E-state index contributed by atoms with van der Waals surface area (Å²) in [6, 6.07) is 3.86. The molecule has 0 radical (unpaired) electrons. The van der Waals surface area contributed by atoms with E-state index in [0.29, 0.717) is 17.5 Å². The van der Waals surface area contributed by atoms with Crippen LogP contribution in [0.15, 0.2) is 18.2 Å². The molecule has 1 aromatic rings. The van der Waals surface area contributed by atoms with E-state index in [1.807, 2.05) is 0 Å². The zero-order valence-corrected chi connectivity index (χ0v) is 10.2. The van der Waals surface area contributed by atoms with E-state index in [1.54, 1.807) is 19.9 Å². The van der Waals surface area contributed by atoms with Crippen LogP contribution in [-0.2, 0) is 11.0 Å². The topological polar surface area (TPSA) is 37.3 Å². The minimum atomic E-state index is -4.37. The second kappa shape index (κ2) is 5.42. The van der Waals surface area contributed by atoms with Crippen molar-refractivity contribution in [3.63, 3.8) is 0 Å². The maximum Gasteiger partial charge on any atom is 0.416 e. The lowest BCUT2D eigenvalue weighted by atomic mass is 9.93. The summed E-state index contributed by atoms with van der Waals surface area (Å²) in [5.41, 5.74) is 0.380. The molecule has 2 nitrogen and oxygen atoms in total. The molecule has 1 N–H and O–H groups in total. The summed E-state index contributed by atoms with van der Waals surface area (Å²) < 4.78 is 37.9.